The van der Waals surface area contributed by atoms with Crippen molar-refractivity contribution in [2.45, 2.75) is 45.2 Å². The number of hydrogen-bond acceptors (Lipinski definition) is 5. The van der Waals surface area contributed by atoms with Crippen molar-refractivity contribution in [1.29, 1.82) is 0 Å². The molecule has 186 valence electrons. The van der Waals surface area contributed by atoms with Crippen molar-refractivity contribution in [3.63, 3.8) is 0 Å². The molecule has 0 fully saturated rings. The van der Waals surface area contributed by atoms with Crippen LogP contribution in [0.2, 0.25) is 0 Å². The lowest BCUT2D eigenvalue weighted by molar-refractivity contribution is 0.102. The molecule has 0 unspecified atom stereocenters. The molecule has 36 heavy (non-hydrogen) atoms. The Hall–Kier alpha value is -3.33. The minimum absolute atomic E-state index is 0.148. The van der Waals surface area contributed by atoms with Crippen molar-refractivity contribution in [3.8, 4) is 11.3 Å². The number of sulfonamides is 1. The van der Waals surface area contributed by atoms with E-state index in [1.807, 2.05) is 75.5 Å². The van der Waals surface area contributed by atoms with Gasteiger partial charge in [0.25, 0.3) is 5.91 Å². The zero-order valence-corrected chi connectivity index (χ0v) is 22.4. The fourth-order valence-electron chi connectivity index (χ4n) is 3.95. The molecule has 0 saturated heterocycles. The van der Waals surface area contributed by atoms with Crippen LogP contribution in [0.1, 0.15) is 40.9 Å². The highest BCUT2D eigenvalue weighted by Gasteiger charge is 2.27. The number of nitrogens with one attached hydrogen (secondary N) is 1. The van der Waals surface area contributed by atoms with Gasteiger partial charge < -0.3 is 0 Å². The van der Waals surface area contributed by atoms with Gasteiger partial charge in [0.2, 0.25) is 10.0 Å². The number of hydrogen-bond donors (Lipinski definition) is 1. The van der Waals surface area contributed by atoms with Gasteiger partial charge in [-0.25, -0.2) is 13.4 Å². The van der Waals surface area contributed by atoms with Crippen molar-refractivity contribution in [2.75, 3.05) is 5.32 Å². The molecule has 0 aliphatic rings. The third-order valence-electron chi connectivity index (χ3n) is 5.86. The average Bonchev–Trinajstić information content (AvgIpc) is 3.31. The van der Waals surface area contributed by atoms with Gasteiger partial charge >= 0.3 is 0 Å². The Kier molecular flexibility index (Phi) is 7.68. The summed E-state index contributed by atoms with van der Waals surface area (Å²) in [6.45, 7) is 8.06. The Bertz CT molecular complexity index is 1460. The average molecular weight is 520 g/mol. The summed E-state index contributed by atoms with van der Waals surface area (Å²) in [5.74, 6) is -0.342. The van der Waals surface area contributed by atoms with E-state index >= 15 is 0 Å². The van der Waals surface area contributed by atoms with Crippen molar-refractivity contribution in [1.82, 2.24) is 9.29 Å². The molecule has 1 N–H and O–H groups in total. The quantitative estimate of drug-likeness (QED) is 0.297. The van der Waals surface area contributed by atoms with Crippen LogP contribution in [0.15, 0.2) is 83.1 Å². The summed E-state index contributed by atoms with van der Waals surface area (Å²) in [5.41, 5.74) is 5.41. The maximum atomic E-state index is 13.4. The van der Waals surface area contributed by atoms with Gasteiger partial charge in [0.05, 0.1) is 10.6 Å². The number of aryl methyl sites for hydroxylation is 2. The van der Waals surface area contributed by atoms with Gasteiger partial charge in [-0.3, -0.25) is 10.1 Å². The maximum Gasteiger partial charge on any atom is 0.257 e. The lowest BCUT2D eigenvalue weighted by Gasteiger charge is -2.26. The molecule has 1 amide bonds. The zero-order valence-electron chi connectivity index (χ0n) is 20.7. The number of thiazole rings is 1. The SMILES string of the molecule is Cc1ccc(-c2csc(NC(=O)c3ccc(S(=O)(=O)N(Cc4ccccc4)C(C)C)cc3)n2)c(C)c1. The van der Waals surface area contributed by atoms with Crippen molar-refractivity contribution < 1.29 is 13.2 Å². The van der Waals surface area contributed by atoms with Crippen LogP contribution >= 0.6 is 11.3 Å². The Labute approximate surface area is 216 Å². The van der Waals surface area contributed by atoms with Crippen LogP contribution in [0.3, 0.4) is 0 Å². The highest BCUT2D eigenvalue weighted by Crippen LogP contribution is 2.28. The van der Waals surface area contributed by atoms with Crippen LogP contribution < -0.4 is 5.32 Å². The fourth-order valence-corrected chi connectivity index (χ4v) is 6.28. The van der Waals surface area contributed by atoms with Gasteiger partial charge in [0.15, 0.2) is 5.13 Å². The second kappa shape index (κ2) is 10.7. The summed E-state index contributed by atoms with van der Waals surface area (Å²) in [6.07, 6.45) is 0. The van der Waals surface area contributed by atoms with Crippen LogP contribution in [-0.2, 0) is 16.6 Å². The van der Waals surface area contributed by atoms with Gasteiger partial charge in [-0.05, 0) is 63.1 Å². The van der Waals surface area contributed by atoms with E-state index in [4.69, 9.17) is 0 Å². The Morgan fingerprint density at radius 2 is 1.69 bits per heavy atom. The van der Waals surface area contributed by atoms with E-state index in [2.05, 4.69) is 16.4 Å². The maximum absolute atomic E-state index is 13.4. The first-order chi connectivity index (χ1) is 17.1. The largest absolute Gasteiger partial charge is 0.298 e. The minimum Gasteiger partial charge on any atom is -0.298 e. The first-order valence-electron chi connectivity index (χ1n) is 11.7. The third kappa shape index (κ3) is 5.73. The van der Waals surface area contributed by atoms with E-state index in [0.29, 0.717) is 10.7 Å². The summed E-state index contributed by atoms with van der Waals surface area (Å²) in [7, 11) is -3.74. The van der Waals surface area contributed by atoms with Crippen molar-refractivity contribution in [2.24, 2.45) is 0 Å². The van der Waals surface area contributed by atoms with Gasteiger partial charge in [-0.1, -0.05) is 54.1 Å². The summed E-state index contributed by atoms with van der Waals surface area (Å²) in [4.78, 5) is 17.5. The topological polar surface area (TPSA) is 79.4 Å². The third-order valence-corrected chi connectivity index (χ3v) is 8.66. The van der Waals surface area contributed by atoms with E-state index in [0.717, 1.165) is 22.4 Å². The summed E-state index contributed by atoms with van der Waals surface area (Å²) < 4.78 is 28.2. The van der Waals surface area contributed by atoms with Crippen LogP contribution in [0, 0.1) is 13.8 Å². The number of anilines is 1. The minimum atomic E-state index is -3.74. The molecule has 1 aromatic heterocycles. The van der Waals surface area contributed by atoms with Gasteiger partial charge in [0, 0.05) is 29.1 Å². The molecule has 0 saturated carbocycles. The van der Waals surface area contributed by atoms with E-state index in [-0.39, 0.29) is 23.4 Å². The van der Waals surface area contributed by atoms with Crippen molar-refractivity contribution >= 4 is 32.4 Å². The molecule has 0 aliphatic heterocycles. The number of carbonyl (C=O) groups is 1. The molecule has 4 rings (SSSR count). The standard InChI is InChI=1S/C28H29N3O3S2/c1-19(2)31(17-22-8-6-5-7-9-22)36(33,34)24-13-11-23(12-14-24)27(32)30-28-29-26(18-35-28)25-15-10-20(3)16-21(25)4/h5-16,18-19H,17H2,1-4H3,(H,29,30,32). The second-order valence-corrected chi connectivity index (χ2v) is 11.7. The molecule has 0 spiro atoms. The fraction of sp³-hybridized carbons (Fsp3) is 0.214. The van der Waals surface area contributed by atoms with E-state index < -0.39 is 10.0 Å². The lowest BCUT2D eigenvalue weighted by atomic mass is 10.0. The number of aromatic nitrogens is 1. The van der Waals surface area contributed by atoms with Crippen LogP contribution in [0.4, 0.5) is 5.13 Å². The van der Waals surface area contributed by atoms with Crippen molar-refractivity contribution in [3.05, 3.63) is 100 Å². The highest BCUT2D eigenvalue weighted by molar-refractivity contribution is 7.89. The summed E-state index contributed by atoms with van der Waals surface area (Å²) in [6, 6.07) is 21.5. The molecule has 0 bridgehead atoms. The summed E-state index contributed by atoms with van der Waals surface area (Å²) in [5, 5.41) is 5.22. The van der Waals surface area contributed by atoms with E-state index in [9.17, 15) is 13.2 Å². The van der Waals surface area contributed by atoms with Gasteiger partial charge in [-0.2, -0.15) is 4.31 Å². The number of carbonyl (C=O) groups excluding carboxylic acids is 1. The van der Waals surface area contributed by atoms with Gasteiger partial charge in [0.1, 0.15) is 0 Å². The smallest absolute Gasteiger partial charge is 0.257 e. The monoisotopic (exact) mass is 519 g/mol. The lowest BCUT2D eigenvalue weighted by Crippen LogP contribution is -2.36. The second-order valence-electron chi connectivity index (χ2n) is 8.96. The molecule has 0 aliphatic carbocycles. The number of rotatable bonds is 8. The molecule has 0 radical (unpaired) electrons. The van der Waals surface area contributed by atoms with E-state index in [1.165, 1.54) is 45.5 Å². The number of nitrogens with zero attached hydrogens (tertiary/aromatic N) is 2. The van der Waals surface area contributed by atoms with E-state index in [1.54, 1.807) is 0 Å². The Balaban J connectivity index is 1.49. The molecule has 3 aromatic carbocycles. The molecular formula is C28H29N3O3S2. The predicted octanol–water partition coefficient (Wildman–Crippen LogP) is 6.28. The first-order valence-corrected chi connectivity index (χ1v) is 14.0. The van der Waals surface area contributed by atoms with Crippen LogP contribution in [0.5, 0.6) is 0 Å². The molecule has 4 aromatic rings. The Morgan fingerprint density at radius 1 is 1.00 bits per heavy atom. The molecule has 8 heteroatoms. The zero-order chi connectivity index (χ0) is 25.9. The van der Waals surface area contributed by atoms with Crippen LogP contribution in [-0.4, -0.2) is 29.7 Å². The normalized spacial score (nSPS) is 11.7. The molecule has 1 heterocycles. The summed E-state index contributed by atoms with van der Waals surface area (Å²) >= 11 is 1.35. The number of benzene rings is 3. The number of amides is 1. The highest BCUT2D eigenvalue weighted by atomic mass is 32.2. The Morgan fingerprint density at radius 3 is 2.33 bits per heavy atom. The van der Waals surface area contributed by atoms with Crippen LogP contribution in [0.25, 0.3) is 11.3 Å². The first kappa shape index (κ1) is 25.8. The van der Waals surface area contributed by atoms with Gasteiger partial charge in [-0.15, -0.1) is 11.3 Å². The molecular weight excluding hydrogens is 490 g/mol. The molecule has 0 atom stereocenters. The molecule has 6 nitrogen and oxygen atoms in total. The predicted molar refractivity (Wildman–Crippen MR) is 146 cm³/mol.